The molecule has 1 N–H and O–H groups in total. The van der Waals surface area contributed by atoms with E-state index in [9.17, 15) is 13.2 Å². The highest BCUT2D eigenvalue weighted by molar-refractivity contribution is 7.92. The van der Waals surface area contributed by atoms with E-state index in [0.29, 0.717) is 27.8 Å². The Labute approximate surface area is 184 Å². The summed E-state index contributed by atoms with van der Waals surface area (Å²) in [6, 6.07) is 12.3. The van der Waals surface area contributed by atoms with Crippen LogP contribution in [0.3, 0.4) is 0 Å². The third kappa shape index (κ3) is 5.76. The maximum absolute atomic E-state index is 12.5. The van der Waals surface area contributed by atoms with Gasteiger partial charge in [-0.25, -0.2) is 8.42 Å². The highest BCUT2D eigenvalue weighted by Crippen LogP contribution is 2.29. The van der Waals surface area contributed by atoms with Gasteiger partial charge in [0.25, 0.3) is 5.91 Å². The van der Waals surface area contributed by atoms with E-state index < -0.39 is 10.0 Å². The Morgan fingerprint density at radius 1 is 1.10 bits per heavy atom. The molecule has 0 unspecified atom stereocenters. The Balaban J connectivity index is 1.69. The Morgan fingerprint density at radius 3 is 2.40 bits per heavy atom. The molecule has 3 rings (SSSR count). The highest BCUT2D eigenvalue weighted by Gasteiger charge is 2.21. The molecule has 0 radical (unpaired) electrons. The Hall–Kier alpha value is -2.05. The first-order chi connectivity index (χ1) is 14.3. The number of anilines is 1. The van der Waals surface area contributed by atoms with Crippen molar-refractivity contribution >= 4 is 33.2 Å². The number of carbonyl (C=O) groups is 1. The Morgan fingerprint density at radius 2 is 1.77 bits per heavy atom. The molecule has 1 aliphatic rings. The van der Waals surface area contributed by atoms with Crippen LogP contribution in [0, 0.1) is 12.8 Å². The number of hydrogen-bond donors (Lipinski definition) is 1. The summed E-state index contributed by atoms with van der Waals surface area (Å²) in [6.07, 6.45) is 7.34. The van der Waals surface area contributed by atoms with Crippen LogP contribution in [0.2, 0.25) is 5.02 Å². The highest BCUT2D eigenvalue weighted by atomic mass is 35.5. The van der Waals surface area contributed by atoms with E-state index in [1.165, 1.54) is 42.7 Å². The van der Waals surface area contributed by atoms with Crippen LogP contribution in [0.5, 0.6) is 0 Å². The number of rotatable bonds is 7. The first-order valence-electron chi connectivity index (χ1n) is 10.4. The lowest BCUT2D eigenvalue weighted by atomic mass is 9.89. The molecule has 0 aromatic heterocycles. The van der Waals surface area contributed by atoms with E-state index in [4.69, 9.17) is 11.6 Å². The molecule has 0 saturated heterocycles. The molecule has 7 heteroatoms. The molecule has 1 amide bonds. The van der Waals surface area contributed by atoms with Gasteiger partial charge in [-0.15, -0.1) is 0 Å². The number of amides is 1. The number of nitrogens with zero attached hydrogens (tertiary/aromatic N) is 1. The summed E-state index contributed by atoms with van der Waals surface area (Å²) in [5.41, 5.74) is 2.64. The van der Waals surface area contributed by atoms with E-state index in [2.05, 4.69) is 5.32 Å². The van der Waals surface area contributed by atoms with Gasteiger partial charge in [0.2, 0.25) is 10.0 Å². The second-order valence-corrected chi connectivity index (χ2v) is 10.4. The minimum absolute atomic E-state index is 0.0854. The second-order valence-electron chi connectivity index (χ2n) is 8.06. The molecule has 30 heavy (non-hydrogen) atoms. The zero-order valence-corrected chi connectivity index (χ0v) is 19.1. The number of sulfonamides is 1. The summed E-state index contributed by atoms with van der Waals surface area (Å²) in [7, 11) is -3.51. The third-order valence-electron chi connectivity index (χ3n) is 5.73. The molecule has 0 spiro atoms. The van der Waals surface area contributed by atoms with Crippen molar-refractivity contribution < 1.29 is 13.2 Å². The predicted octanol–water partition coefficient (Wildman–Crippen LogP) is 4.92. The third-order valence-corrected chi connectivity index (χ3v) is 7.26. The summed E-state index contributed by atoms with van der Waals surface area (Å²) in [4.78, 5) is 12.5. The van der Waals surface area contributed by atoms with Crippen molar-refractivity contribution in [2.75, 3.05) is 17.1 Å². The van der Waals surface area contributed by atoms with Gasteiger partial charge < -0.3 is 5.32 Å². The normalized spacial score (nSPS) is 15.0. The average molecular weight is 449 g/mol. The van der Waals surface area contributed by atoms with E-state index in [0.717, 1.165) is 12.1 Å². The monoisotopic (exact) mass is 448 g/mol. The van der Waals surface area contributed by atoms with Crippen molar-refractivity contribution in [2.24, 2.45) is 5.92 Å². The van der Waals surface area contributed by atoms with Crippen molar-refractivity contribution in [2.45, 2.75) is 45.6 Å². The van der Waals surface area contributed by atoms with Gasteiger partial charge in [-0.2, -0.15) is 0 Å². The first-order valence-corrected chi connectivity index (χ1v) is 12.6. The van der Waals surface area contributed by atoms with Crippen molar-refractivity contribution in [3.8, 4) is 0 Å². The van der Waals surface area contributed by atoms with Crippen molar-refractivity contribution in [1.82, 2.24) is 5.32 Å². The number of halogens is 1. The van der Waals surface area contributed by atoms with Crippen molar-refractivity contribution in [3.05, 3.63) is 64.2 Å². The topological polar surface area (TPSA) is 66.5 Å². The number of nitrogens with one attached hydrogen (secondary N) is 1. The fraction of sp³-hybridized carbons (Fsp3) is 0.435. The number of hydrogen-bond acceptors (Lipinski definition) is 3. The molecule has 1 aliphatic carbocycles. The minimum Gasteiger partial charge on any atom is -0.352 e. The van der Waals surface area contributed by atoms with Crippen LogP contribution in [-0.4, -0.2) is 27.1 Å². The van der Waals surface area contributed by atoms with Gasteiger partial charge in [-0.05, 0) is 61.1 Å². The lowest BCUT2D eigenvalue weighted by Gasteiger charge is -2.25. The molecule has 0 atom stereocenters. The van der Waals surface area contributed by atoms with Gasteiger partial charge in [0, 0.05) is 17.1 Å². The van der Waals surface area contributed by atoms with Crippen LogP contribution in [0.1, 0.15) is 53.6 Å². The molecule has 162 valence electrons. The summed E-state index contributed by atoms with van der Waals surface area (Å²) in [6.45, 7) is 2.69. The van der Waals surface area contributed by atoms with Crippen LogP contribution in [0.25, 0.3) is 0 Å². The Kier molecular flexibility index (Phi) is 7.42. The van der Waals surface area contributed by atoms with Gasteiger partial charge in [0.15, 0.2) is 0 Å². The predicted molar refractivity (Wildman–Crippen MR) is 123 cm³/mol. The second kappa shape index (κ2) is 9.84. The minimum atomic E-state index is -3.51. The average Bonchev–Trinajstić information content (AvgIpc) is 2.73. The number of benzene rings is 2. The van der Waals surface area contributed by atoms with Gasteiger partial charge in [0.1, 0.15) is 0 Å². The smallest absolute Gasteiger partial charge is 0.251 e. The summed E-state index contributed by atoms with van der Waals surface area (Å²) in [5, 5.41) is 3.55. The molecule has 0 aliphatic heterocycles. The van der Waals surface area contributed by atoms with Crippen LogP contribution < -0.4 is 9.62 Å². The van der Waals surface area contributed by atoms with Gasteiger partial charge in [-0.3, -0.25) is 9.10 Å². The zero-order valence-electron chi connectivity index (χ0n) is 17.5. The Bertz CT molecular complexity index is 984. The molecular formula is C23H29ClN2O3S. The fourth-order valence-corrected chi connectivity index (χ4v) is 5.01. The van der Waals surface area contributed by atoms with E-state index in [1.54, 1.807) is 49.4 Å². The maximum atomic E-state index is 12.5. The molecule has 0 bridgehead atoms. The van der Waals surface area contributed by atoms with Gasteiger partial charge in [-0.1, -0.05) is 49.1 Å². The quantitative estimate of drug-likeness (QED) is 0.653. The van der Waals surface area contributed by atoms with E-state index in [1.807, 2.05) is 0 Å². The summed E-state index contributed by atoms with van der Waals surface area (Å²) in [5.74, 6) is 0.490. The van der Waals surface area contributed by atoms with E-state index in [-0.39, 0.29) is 12.5 Å². The largest absolute Gasteiger partial charge is 0.352 e. The number of carbonyl (C=O) groups excluding carboxylic acids is 1. The molecule has 2 aromatic rings. The van der Waals surface area contributed by atoms with Crippen LogP contribution in [0.15, 0.2) is 42.5 Å². The molecule has 1 fully saturated rings. The van der Waals surface area contributed by atoms with Crippen LogP contribution in [0.4, 0.5) is 5.69 Å². The lowest BCUT2D eigenvalue weighted by molar-refractivity contribution is 0.0943. The SMILES string of the molecule is Cc1c(Cl)cccc1N(Cc1ccc(C(=O)NCC2CCCCC2)cc1)S(C)(=O)=O. The standard InChI is InChI=1S/C23H29ClN2O3S/c1-17-21(24)9-6-10-22(17)26(30(2,28)29)16-19-11-13-20(14-12-19)23(27)25-15-18-7-4-3-5-8-18/h6,9-14,18H,3-5,7-8,15-16H2,1-2H3,(H,25,27). The molecule has 1 saturated carbocycles. The van der Waals surface area contributed by atoms with Gasteiger partial charge >= 0.3 is 0 Å². The van der Waals surface area contributed by atoms with E-state index >= 15 is 0 Å². The van der Waals surface area contributed by atoms with Crippen LogP contribution in [-0.2, 0) is 16.6 Å². The molecule has 0 heterocycles. The lowest BCUT2D eigenvalue weighted by Crippen LogP contribution is -2.31. The zero-order chi connectivity index (χ0) is 21.7. The summed E-state index contributed by atoms with van der Waals surface area (Å²) >= 11 is 6.19. The molecule has 2 aromatic carbocycles. The maximum Gasteiger partial charge on any atom is 0.251 e. The van der Waals surface area contributed by atoms with Crippen molar-refractivity contribution in [1.29, 1.82) is 0 Å². The van der Waals surface area contributed by atoms with Crippen LogP contribution >= 0.6 is 11.6 Å². The first kappa shape index (κ1) is 22.6. The van der Waals surface area contributed by atoms with Gasteiger partial charge in [0.05, 0.1) is 18.5 Å². The molecule has 5 nitrogen and oxygen atoms in total. The fourth-order valence-electron chi connectivity index (χ4n) is 3.91. The summed E-state index contributed by atoms with van der Waals surface area (Å²) < 4.78 is 26.2. The molecular weight excluding hydrogens is 420 g/mol. The van der Waals surface area contributed by atoms with Crippen molar-refractivity contribution in [3.63, 3.8) is 0 Å².